The molecule has 0 radical (unpaired) electrons. The van der Waals surface area contributed by atoms with Gasteiger partial charge in [-0.2, -0.15) is 9.97 Å². The zero-order chi connectivity index (χ0) is 31.3. The van der Waals surface area contributed by atoms with Crippen LogP contribution in [0.5, 0.6) is 0 Å². The largest absolute Gasteiger partial charge is 0.226 e. The van der Waals surface area contributed by atoms with Crippen molar-refractivity contribution in [3.8, 4) is 45.0 Å². The molecule has 3 nitrogen and oxygen atoms in total. The molecule has 47 heavy (non-hydrogen) atoms. The monoisotopic (exact) mass is 619 g/mol. The van der Waals surface area contributed by atoms with E-state index in [1.165, 1.54) is 38.2 Å². The van der Waals surface area contributed by atoms with E-state index in [-0.39, 0.29) is 5.28 Å². The summed E-state index contributed by atoms with van der Waals surface area (Å²) in [5.41, 5.74) is 6.51. The molecule has 4 heteroatoms. The molecule has 0 unspecified atom stereocenters. The molecule has 9 aromatic rings. The van der Waals surface area contributed by atoms with Crippen LogP contribution in [0.4, 0.5) is 0 Å². The number of fused-ring (bicyclic) bond motifs is 4. The highest BCUT2D eigenvalue weighted by molar-refractivity contribution is 6.28. The smallest absolute Gasteiger partial charge is 0.208 e. The van der Waals surface area contributed by atoms with Crippen LogP contribution in [0.2, 0.25) is 5.28 Å². The van der Waals surface area contributed by atoms with Gasteiger partial charge in [0.15, 0.2) is 11.6 Å². The van der Waals surface area contributed by atoms with E-state index in [0.717, 1.165) is 38.2 Å². The lowest BCUT2D eigenvalue weighted by atomic mass is 9.95. The summed E-state index contributed by atoms with van der Waals surface area (Å²) >= 11 is 6.54. The molecule has 1 heterocycles. The molecule has 9 rings (SSSR count). The summed E-state index contributed by atoms with van der Waals surface area (Å²) in [7, 11) is 0. The lowest BCUT2D eigenvalue weighted by Gasteiger charge is -2.11. The second-order valence-corrected chi connectivity index (χ2v) is 12.2. The Balaban J connectivity index is 1.10. The number of hydrogen-bond donors (Lipinski definition) is 0. The number of hydrogen-bond acceptors (Lipinski definition) is 3. The molecule has 0 aliphatic carbocycles. The molecule has 0 amide bonds. The van der Waals surface area contributed by atoms with Crippen molar-refractivity contribution in [2.75, 3.05) is 0 Å². The van der Waals surface area contributed by atoms with Crippen molar-refractivity contribution in [3.05, 3.63) is 163 Å². The van der Waals surface area contributed by atoms with Crippen molar-refractivity contribution in [1.29, 1.82) is 0 Å². The first-order valence-electron chi connectivity index (χ1n) is 15.6. The zero-order valence-electron chi connectivity index (χ0n) is 25.2. The number of rotatable bonds is 4. The van der Waals surface area contributed by atoms with E-state index >= 15 is 0 Å². The SMILES string of the molecule is Clc1nc(-c2ccc3cc(-c4cccc5ccccc45)ccc3c2)nc(-c2ccc3cccc(-c4ccc5ccccc5c4)c3c2)n1. The maximum atomic E-state index is 6.54. The van der Waals surface area contributed by atoms with Crippen LogP contribution in [0.1, 0.15) is 0 Å². The van der Waals surface area contributed by atoms with Gasteiger partial charge in [-0.1, -0.05) is 133 Å². The molecule has 0 bridgehead atoms. The number of halogens is 1. The van der Waals surface area contributed by atoms with Gasteiger partial charge in [-0.25, -0.2) is 4.98 Å². The Morgan fingerprint density at radius 3 is 1.47 bits per heavy atom. The summed E-state index contributed by atoms with van der Waals surface area (Å²) < 4.78 is 0. The standard InChI is InChI=1S/C43H26ClN3/c44-43-46-41(35-22-18-31-24-33(20-17-32(31)25-35)38-13-5-10-28-8-3-4-12-37(28)38)45-42(47-43)36-21-16-29-11-6-14-39(40(29)26-36)34-19-15-27-7-1-2-9-30(27)23-34/h1-26H. The number of benzene rings is 8. The maximum Gasteiger partial charge on any atom is 0.226 e. The third-order valence-electron chi connectivity index (χ3n) is 9.01. The lowest BCUT2D eigenvalue weighted by Crippen LogP contribution is -1.97. The normalized spacial score (nSPS) is 11.5. The van der Waals surface area contributed by atoms with Gasteiger partial charge in [-0.05, 0) is 101 Å². The minimum absolute atomic E-state index is 0.166. The van der Waals surface area contributed by atoms with Crippen LogP contribution in [0.3, 0.4) is 0 Å². The predicted octanol–water partition coefficient (Wildman–Crippen LogP) is 11.8. The molecule has 0 atom stereocenters. The summed E-state index contributed by atoms with van der Waals surface area (Å²) in [6.07, 6.45) is 0. The van der Waals surface area contributed by atoms with Gasteiger partial charge in [0.05, 0.1) is 0 Å². The summed E-state index contributed by atoms with van der Waals surface area (Å²) in [5, 5.41) is 9.62. The predicted molar refractivity (Wildman–Crippen MR) is 197 cm³/mol. The minimum atomic E-state index is 0.166. The summed E-state index contributed by atoms with van der Waals surface area (Å²) in [4.78, 5) is 14.0. The Kier molecular flexibility index (Phi) is 6.51. The average Bonchev–Trinajstić information content (AvgIpc) is 3.13. The Bertz CT molecular complexity index is 2660. The van der Waals surface area contributed by atoms with Gasteiger partial charge >= 0.3 is 0 Å². The molecular formula is C43H26ClN3. The fourth-order valence-corrected chi connectivity index (χ4v) is 6.82. The topological polar surface area (TPSA) is 38.7 Å². The first-order valence-corrected chi connectivity index (χ1v) is 16.0. The number of aromatic nitrogens is 3. The van der Waals surface area contributed by atoms with Gasteiger partial charge in [-0.3, -0.25) is 0 Å². The van der Waals surface area contributed by atoms with Crippen LogP contribution in [0.15, 0.2) is 158 Å². The van der Waals surface area contributed by atoms with Gasteiger partial charge in [0.1, 0.15) is 0 Å². The molecule has 1 aromatic heterocycles. The van der Waals surface area contributed by atoms with Crippen LogP contribution in [0.25, 0.3) is 88.1 Å². The fourth-order valence-electron chi connectivity index (χ4n) is 6.66. The second-order valence-electron chi connectivity index (χ2n) is 11.9. The van der Waals surface area contributed by atoms with Crippen molar-refractivity contribution in [3.63, 3.8) is 0 Å². The van der Waals surface area contributed by atoms with Crippen molar-refractivity contribution in [2.24, 2.45) is 0 Å². The quantitative estimate of drug-likeness (QED) is 0.197. The van der Waals surface area contributed by atoms with Crippen molar-refractivity contribution in [1.82, 2.24) is 15.0 Å². The van der Waals surface area contributed by atoms with Crippen LogP contribution in [-0.4, -0.2) is 15.0 Å². The van der Waals surface area contributed by atoms with Crippen LogP contribution >= 0.6 is 11.6 Å². The van der Waals surface area contributed by atoms with Gasteiger partial charge in [-0.15, -0.1) is 0 Å². The molecule has 0 fully saturated rings. The Morgan fingerprint density at radius 2 is 0.766 bits per heavy atom. The van der Waals surface area contributed by atoms with E-state index in [0.29, 0.717) is 11.6 Å². The van der Waals surface area contributed by atoms with E-state index in [1.54, 1.807) is 0 Å². The van der Waals surface area contributed by atoms with E-state index in [2.05, 4.69) is 168 Å². The van der Waals surface area contributed by atoms with Gasteiger partial charge in [0.25, 0.3) is 0 Å². The third-order valence-corrected chi connectivity index (χ3v) is 9.18. The Hall–Kier alpha value is -5.90. The highest BCUT2D eigenvalue weighted by atomic mass is 35.5. The molecule has 0 saturated carbocycles. The van der Waals surface area contributed by atoms with Crippen molar-refractivity contribution >= 4 is 54.7 Å². The molecular weight excluding hydrogens is 594 g/mol. The van der Waals surface area contributed by atoms with Crippen molar-refractivity contribution < 1.29 is 0 Å². The average molecular weight is 620 g/mol. The highest BCUT2D eigenvalue weighted by Crippen LogP contribution is 2.35. The second kappa shape index (κ2) is 11.2. The molecule has 0 aliphatic rings. The summed E-state index contributed by atoms with van der Waals surface area (Å²) in [6, 6.07) is 55.7. The van der Waals surface area contributed by atoms with Crippen molar-refractivity contribution in [2.45, 2.75) is 0 Å². The Morgan fingerprint density at radius 1 is 0.319 bits per heavy atom. The van der Waals surface area contributed by atoms with Gasteiger partial charge in [0.2, 0.25) is 5.28 Å². The number of nitrogens with zero attached hydrogens (tertiary/aromatic N) is 3. The summed E-state index contributed by atoms with van der Waals surface area (Å²) in [5.74, 6) is 1.09. The maximum absolute atomic E-state index is 6.54. The first kappa shape index (κ1) is 27.4. The molecule has 0 N–H and O–H groups in total. The van der Waals surface area contributed by atoms with E-state index < -0.39 is 0 Å². The van der Waals surface area contributed by atoms with Crippen LogP contribution < -0.4 is 0 Å². The van der Waals surface area contributed by atoms with Gasteiger partial charge < -0.3 is 0 Å². The first-order chi connectivity index (χ1) is 23.2. The summed E-state index contributed by atoms with van der Waals surface area (Å²) in [6.45, 7) is 0. The van der Waals surface area contributed by atoms with E-state index in [4.69, 9.17) is 16.6 Å². The molecule has 8 aromatic carbocycles. The van der Waals surface area contributed by atoms with Gasteiger partial charge in [0, 0.05) is 11.1 Å². The minimum Gasteiger partial charge on any atom is -0.208 e. The molecule has 0 aliphatic heterocycles. The van der Waals surface area contributed by atoms with Crippen LogP contribution in [-0.2, 0) is 0 Å². The molecule has 0 saturated heterocycles. The zero-order valence-corrected chi connectivity index (χ0v) is 26.0. The third kappa shape index (κ3) is 4.98. The van der Waals surface area contributed by atoms with Crippen LogP contribution in [0, 0.1) is 0 Å². The fraction of sp³-hybridized carbons (Fsp3) is 0. The molecule has 220 valence electrons. The highest BCUT2D eigenvalue weighted by Gasteiger charge is 2.13. The van der Waals surface area contributed by atoms with E-state index in [1.807, 2.05) is 0 Å². The lowest BCUT2D eigenvalue weighted by molar-refractivity contribution is 1.07. The Labute approximate surface area is 276 Å². The molecule has 0 spiro atoms. The van der Waals surface area contributed by atoms with E-state index in [9.17, 15) is 0 Å².